The molecule has 0 aliphatic carbocycles. The second-order valence-electron chi connectivity index (χ2n) is 4.94. The number of aromatic nitrogens is 6. The van der Waals surface area contributed by atoms with Crippen molar-refractivity contribution >= 4 is 22.5 Å². The summed E-state index contributed by atoms with van der Waals surface area (Å²) in [7, 11) is 1.39. The molecule has 7 nitrogen and oxygen atoms in total. The minimum atomic E-state index is -0.849. The second kappa shape index (κ2) is 5.31. The van der Waals surface area contributed by atoms with Gasteiger partial charge in [0.2, 0.25) is 5.82 Å². The van der Waals surface area contributed by atoms with Gasteiger partial charge in [0, 0.05) is 22.7 Å². The van der Waals surface area contributed by atoms with E-state index in [2.05, 4.69) is 30.4 Å². The number of nitrogens with one attached hydrogen (secondary N) is 3. The number of H-pyrrole nitrogens is 3. The van der Waals surface area contributed by atoms with E-state index in [4.69, 9.17) is 16.3 Å². The number of nitrogens with zero attached hydrogens (tertiary/aromatic N) is 3. The van der Waals surface area contributed by atoms with Crippen LogP contribution in [-0.4, -0.2) is 37.5 Å². The number of benzene rings is 1. The summed E-state index contributed by atoms with van der Waals surface area (Å²) in [4.78, 5) is 6.53. The molecule has 4 rings (SSSR count). The van der Waals surface area contributed by atoms with Gasteiger partial charge in [-0.05, 0) is 6.07 Å². The van der Waals surface area contributed by atoms with Crippen molar-refractivity contribution in [2.24, 2.45) is 0 Å². The largest absolute Gasteiger partial charge is 0.495 e. The first-order valence-corrected chi connectivity index (χ1v) is 7.13. The van der Waals surface area contributed by atoms with Crippen molar-refractivity contribution in [3.63, 3.8) is 0 Å². The highest BCUT2D eigenvalue weighted by molar-refractivity contribution is 6.33. The van der Waals surface area contributed by atoms with Crippen LogP contribution in [0.25, 0.3) is 33.5 Å². The molecule has 3 N–H and O–H groups in total. The molecule has 0 aliphatic heterocycles. The average Bonchev–Trinajstić information content (AvgIpc) is 3.29. The van der Waals surface area contributed by atoms with Gasteiger partial charge in [0.25, 0.3) is 0 Å². The first-order chi connectivity index (χ1) is 11.6. The van der Waals surface area contributed by atoms with Gasteiger partial charge in [0.05, 0.1) is 24.5 Å². The molecule has 4 aromatic rings. The van der Waals surface area contributed by atoms with Gasteiger partial charge in [-0.1, -0.05) is 11.6 Å². The number of hydrogen-bond acceptors (Lipinski definition) is 4. The van der Waals surface area contributed by atoms with Crippen LogP contribution < -0.4 is 4.74 Å². The van der Waals surface area contributed by atoms with E-state index < -0.39 is 11.9 Å². The Balaban J connectivity index is 2.12. The molecule has 0 bridgehead atoms. The third kappa shape index (κ3) is 2.05. The molecular formula is C14H9ClF2N6O. The molecule has 0 atom stereocenters. The second-order valence-corrected chi connectivity index (χ2v) is 5.32. The predicted octanol–water partition coefficient (Wildman–Crippen LogP) is 3.28. The minimum absolute atomic E-state index is 0.0504. The fourth-order valence-electron chi connectivity index (χ4n) is 2.60. The predicted molar refractivity (Wildman–Crippen MR) is 82.7 cm³/mol. The first-order valence-electron chi connectivity index (χ1n) is 6.75. The molecular weight excluding hydrogens is 342 g/mol. The van der Waals surface area contributed by atoms with Crippen LogP contribution in [0.2, 0.25) is 5.02 Å². The van der Waals surface area contributed by atoms with Crippen molar-refractivity contribution in [1.29, 1.82) is 0 Å². The summed E-state index contributed by atoms with van der Waals surface area (Å²) >= 11 is 5.97. The van der Waals surface area contributed by atoms with Crippen LogP contribution in [0, 0.1) is 11.9 Å². The summed E-state index contributed by atoms with van der Waals surface area (Å²) in [6.07, 6.45) is 2.32. The maximum Gasteiger partial charge on any atom is 0.305 e. The third-order valence-electron chi connectivity index (χ3n) is 3.63. The lowest BCUT2D eigenvalue weighted by Gasteiger charge is -2.05. The molecule has 24 heavy (non-hydrogen) atoms. The summed E-state index contributed by atoms with van der Waals surface area (Å²) in [5, 5.41) is 12.8. The summed E-state index contributed by atoms with van der Waals surface area (Å²) in [6.45, 7) is 0. The molecule has 0 saturated carbocycles. The SMILES string of the molecule is COc1cc2c(-c3cn[nH]c3)c(-c3n[nH]c(F)n3)[nH]c2c(F)c1Cl. The van der Waals surface area contributed by atoms with E-state index in [1.807, 2.05) is 0 Å². The normalized spacial score (nSPS) is 11.3. The summed E-state index contributed by atoms with van der Waals surface area (Å²) < 4.78 is 33.0. The van der Waals surface area contributed by atoms with E-state index >= 15 is 0 Å². The highest BCUT2D eigenvalue weighted by Gasteiger charge is 2.24. The van der Waals surface area contributed by atoms with Crippen molar-refractivity contribution in [3.8, 4) is 28.4 Å². The molecule has 3 aromatic heterocycles. The summed E-state index contributed by atoms with van der Waals surface area (Å²) in [5.74, 6) is -0.453. The van der Waals surface area contributed by atoms with Gasteiger partial charge >= 0.3 is 6.08 Å². The van der Waals surface area contributed by atoms with E-state index in [1.165, 1.54) is 7.11 Å². The van der Waals surface area contributed by atoms with Gasteiger partial charge in [0.15, 0.2) is 5.82 Å². The molecule has 0 unspecified atom stereocenters. The summed E-state index contributed by atoms with van der Waals surface area (Å²) in [6, 6.07) is 1.59. The van der Waals surface area contributed by atoms with Crippen LogP contribution in [0.15, 0.2) is 18.5 Å². The topological polar surface area (TPSA) is 95.3 Å². The van der Waals surface area contributed by atoms with Crippen LogP contribution in [0.3, 0.4) is 0 Å². The Morgan fingerprint density at radius 1 is 1.29 bits per heavy atom. The Morgan fingerprint density at radius 3 is 2.75 bits per heavy atom. The molecule has 0 fully saturated rings. The Morgan fingerprint density at radius 2 is 2.12 bits per heavy atom. The minimum Gasteiger partial charge on any atom is -0.495 e. The van der Waals surface area contributed by atoms with Crippen LogP contribution in [-0.2, 0) is 0 Å². The number of rotatable bonds is 3. The summed E-state index contributed by atoms with van der Waals surface area (Å²) in [5.41, 5.74) is 1.66. The number of aromatic amines is 3. The van der Waals surface area contributed by atoms with Gasteiger partial charge in [0.1, 0.15) is 10.8 Å². The van der Waals surface area contributed by atoms with E-state index in [1.54, 1.807) is 18.5 Å². The fraction of sp³-hybridized carbons (Fsp3) is 0.0714. The van der Waals surface area contributed by atoms with Crippen molar-refractivity contribution in [2.75, 3.05) is 7.11 Å². The van der Waals surface area contributed by atoms with Crippen LogP contribution >= 0.6 is 11.6 Å². The maximum absolute atomic E-state index is 14.6. The number of ether oxygens (including phenoxy) is 1. The fourth-order valence-corrected chi connectivity index (χ4v) is 2.83. The van der Waals surface area contributed by atoms with E-state index in [0.717, 1.165) is 0 Å². The Bertz CT molecular complexity index is 1040. The molecule has 0 radical (unpaired) electrons. The lowest BCUT2D eigenvalue weighted by Crippen LogP contribution is -1.88. The number of halogens is 3. The van der Waals surface area contributed by atoms with E-state index in [0.29, 0.717) is 22.2 Å². The Kier molecular flexibility index (Phi) is 3.24. The van der Waals surface area contributed by atoms with Crippen molar-refractivity contribution < 1.29 is 13.5 Å². The zero-order chi connectivity index (χ0) is 16.8. The third-order valence-corrected chi connectivity index (χ3v) is 3.98. The number of fused-ring (bicyclic) bond motifs is 1. The highest BCUT2D eigenvalue weighted by Crippen LogP contribution is 2.42. The van der Waals surface area contributed by atoms with Crippen molar-refractivity contribution in [2.45, 2.75) is 0 Å². The van der Waals surface area contributed by atoms with Crippen LogP contribution in [0.4, 0.5) is 8.78 Å². The van der Waals surface area contributed by atoms with Gasteiger partial charge in [-0.3, -0.25) is 5.10 Å². The molecule has 10 heteroatoms. The molecule has 0 saturated heterocycles. The monoisotopic (exact) mass is 350 g/mol. The van der Waals surface area contributed by atoms with Gasteiger partial charge < -0.3 is 9.72 Å². The smallest absolute Gasteiger partial charge is 0.305 e. The zero-order valence-electron chi connectivity index (χ0n) is 12.1. The molecule has 0 amide bonds. The lowest BCUT2D eigenvalue weighted by atomic mass is 10.0. The van der Waals surface area contributed by atoms with Crippen molar-refractivity contribution in [1.82, 2.24) is 30.4 Å². The van der Waals surface area contributed by atoms with Gasteiger partial charge in [-0.15, -0.1) is 5.10 Å². The van der Waals surface area contributed by atoms with Gasteiger partial charge in [-0.2, -0.15) is 14.5 Å². The standard InChI is InChI=1S/C14H9ClF2N6O/c1-24-7-2-6-8(5-3-18-19-4-5)12(13-21-14(17)23-22-13)20-11(6)10(16)9(7)15/h2-4,20H,1H3,(H,18,19)(H,21,22,23). The Hall–Kier alpha value is -2.94. The lowest BCUT2D eigenvalue weighted by molar-refractivity contribution is 0.412. The first kappa shape index (κ1) is 14.6. The molecule has 1 aromatic carbocycles. The van der Waals surface area contributed by atoms with Crippen LogP contribution in [0.5, 0.6) is 5.75 Å². The van der Waals surface area contributed by atoms with Crippen LogP contribution in [0.1, 0.15) is 0 Å². The van der Waals surface area contributed by atoms with Gasteiger partial charge in [-0.25, -0.2) is 9.49 Å². The zero-order valence-corrected chi connectivity index (χ0v) is 12.9. The quantitative estimate of drug-likeness (QED) is 0.528. The maximum atomic E-state index is 14.6. The number of hydrogen-bond donors (Lipinski definition) is 3. The van der Waals surface area contributed by atoms with E-state index in [9.17, 15) is 8.78 Å². The van der Waals surface area contributed by atoms with Crippen molar-refractivity contribution in [3.05, 3.63) is 35.4 Å². The molecule has 3 heterocycles. The van der Waals surface area contributed by atoms with E-state index in [-0.39, 0.29) is 22.1 Å². The highest BCUT2D eigenvalue weighted by atomic mass is 35.5. The Labute approximate surface area is 138 Å². The molecule has 122 valence electrons. The molecule has 0 spiro atoms. The molecule has 0 aliphatic rings. The average molecular weight is 351 g/mol. The number of methoxy groups -OCH3 is 1.